The summed E-state index contributed by atoms with van der Waals surface area (Å²) in [5.41, 5.74) is 2.94. The molecule has 2 heterocycles. The number of fused-ring (bicyclic) bond motifs is 2. The molecule has 1 spiro atoms. The molecule has 1 aromatic heterocycles. The summed E-state index contributed by atoms with van der Waals surface area (Å²) < 4.78 is 11.9. The Labute approximate surface area is 220 Å². The van der Waals surface area contributed by atoms with Crippen molar-refractivity contribution >= 4 is 17.6 Å². The van der Waals surface area contributed by atoms with Gasteiger partial charge in [-0.1, -0.05) is 26.8 Å². The molecular weight excluding hydrogens is 484 g/mol. The number of carboxylic acids is 1. The molecule has 0 saturated heterocycles. The van der Waals surface area contributed by atoms with Gasteiger partial charge in [0.05, 0.1) is 18.2 Å². The monoisotopic (exact) mass is 514 g/mol. The summed E-state index contributed by atoms with van der Waals surface area (Å²) in [5.74, 6) is 0.498. The molecule has 3 aromatic rings. The normalized spacial score (nSPS) is 19.8. The molecular formula is C29H30N4O5. The van der Waals surface area contributed by atoms with Gasteiger partial charge in [0.15, 0.2) is 0 Å². The number of carbonyl (C=O) groups is 2. The number of hydrogen-bond acceptors (Lipinski definition) is 7. The second-order valence-electron chi connectivity index (χ2n) is 11.1. The third-order valence-corrected chi connectivity index (χ3v) is 7.36. The van der Waals surface area contributed by atoms with Crippen LogP contribution in [0.15, 0.2) is 40.8 Å². The van der Waals surface area contributed by atoms with Gasteiger partial charge in [0, 0.05) is 40.0 Å². The number of aromatic nitrogens is 2. The average Bonchev–Trinajstić information content (AvgIpc) is 3.35. The second kappa shape index (κ2) is 9.60. The number of amides is 1. The number of nitrogens with one attached hydrogen (secondary N) is 1. The first kappa shape index (κ1) is 25.5. The quantitative estimate of drug-likeness (QED) is 0.450. The summed E-state index contributed by atoms with van der Waals surface area (Å²) in [6.07, 6.45) is 2.36. The zero-order valence-corrected chi connectivity index (χ0v) is 21.7. The van der Waals surface area contributed by atoms with Gasteiger partial charge in [-0.2, -0.15) is 5.26 Å². The molecule has 9 heteroatoms. The van der Waals surface area contributed by atoms with Gasteiger partial charge < -0.3 is 19.6 Å². The van der Waals surface area contributed by atoms with Gasteiger partial charge in [-0.05, 0) is 61.6 Å². The van der Waals surface area contributed by atoms with Crippen LogP contribution in [0.1, 0.15) is 69.0 Å². The Morgan fingerprint density at radius 3 is 2.74 bits per heavy atom. The van der Waals surface area contributed by atoms with Gasteiger partial charge in [0.2, 0.25) is 17.7 Å². The lowest BCUT2D eigenvalue weighted by molar-refractivity contribution is -0.137. The lowest BCUT2D eigenvalue weighted by Gasteiger charge is -2.27. The number of benzene rings is 2. The summed E-state index contributed by atoms with van der Waals surface area (Å²) in [4.78, 5) is 24.4. The maximum Gasteiger partial charge on any atom is 0.303 e. The van der Waals surface area contributed by atoms with Crippen molar-refractivity contribution in [1.29, 1.82) is 5.26 Å². The molecule has 2 atom stereocenters. The molecule has 0 bridgehead atoms. The minimum absolute atomic E-state index is 0.0372. The van der Waals surface area contributed by atoms with Crippen LogP contribution >= 0.6 is 0 Å². The summed E-state index contributed by atoms with van der Waals surface area (Å²) in [7, 11) is 0. The lowest BCUT2D eigenvalue weighted by Crippen LogP contribution is -2.27. The van der Waals surface area contributed by atoms with E-state index in [0.717, 1.165) is 22.4 Å². The van der Waals surface area contributed by atoms with Gasteiger partial charge >= 0.3 is 5.97 Å². The first-order valence-electron chi connectivity index (χ1n) is 12.8. The lowest BCUT2D eigenvalue weighted by atomic mass is 9.86. The molecule has 1 aliphatic heterocycles. The van der Waals surface area contributed by atoms with Crippen LogP contribution in [0.25, 0.3) is 11.5 Å². The van der Waals surface area contributed by atoms with Gasteiger partial charge in [0.1, 0.15) is 5.75 Å². The van der Waals surface area contributed by atoms with E-state index in [1.807, 2.05) is 39.0 Å². The van der Waals surface area contributed by atoms with Crippen molar-refractivity contribution in [2.75, 3.05) is 11.9 Å². The highest BCUT2D eigenvalue weighted by Gasteiger charge is 2.61. The maximum atomic E-state index is 13.5. The van der Waals surface area contributed by atoms with Gasteiger partial charge in [-0.3, -0.25) is 9.59 Å². The Morgan fingerprint density at radius 1 is 1.21 bits per heavy atom. The van der Waals surface area contributed by atoms with Crippen LogP contribution < -0.4 is 10.1 Å². The molecule has 2 aliphatic rings. The summed E-state index contributed by atoms with van der Waals surface area (Å²) in [6.45, 7) is 6.56. The fourth-order valence-electron chi connectivity index (χ4n) is 5.15. The first-order chi connectivity index (χ1) is 18.1. The Hall–Kier alpha value is -4.19. The SMILES string of the molecule is CC(C)(C)c1nnc(-c2ccc3c(c2)[C@]2(CCO3)C[C@H]2C(=O)Nc2cc(C#N)ccc2CCCC(=O)O)o1. The number of anilines is 1. The fourth-order valence-corrected chi connectivity index (χ4v) is 5.15. The molecule has 1 amide bonds. The number of ether oxygens (including phenoxy) is 1. The number of hydrogen-bond donors (Lipinski definition) is 2. The Balaban J connectivity index is 1.38. The Bertz CT molecular complexity index is 1450. The number of aryl methyl sites for hydroxylation is 1. The smallest absolute Gasteiger partial charge is 0.303 e. The predicted octanol–water partition coefficient (Wildman–Crippen LogP) is 4.99. The Morgan fingerprint density at radius 2 is 2.03 bits per heavy atom. The van der Waals surface area contributed by atoms with Crippen LogP contribution in [-0.2, 0) is 26.8 Å². The number of carbonyl (C=O) groups excluding carboxylic acids is 1. The summed E-state index contributed by atoms with van der Waals surface area (Å²) in [6, 6.07) is 13.0. The highest BCUT2D eigenvalue weighted by atomic mass is 16.5. The first-order valence-corrected chi connectivity index (χ1v) is 12.8. The van der Waals surface area contributed by atoms with E-state index < -0.39 is 5.97 Å². The van der Waals surface area contributed by atoms with Crippen molar-refractivity contribution < 1.29 is 23.8 Å². The zero-order chi connectivity index (χ0) is 27.1. The van der Waals surface area contributed by atoms with E-state index >= 15 is 0 Å². The molecule has 1 aliphatic carbocycles. The molecule has 196 valence electrons. The molecule has 0 unspecified atom stereocenters. The van der Waals surface area contributed by atoms with Crippen molar-refractivity contribution in [1.82, 2.24) is 10.2 Å². The fraction of sp³-hybridized carbons (Fsp3) is 0.414. The van der Waals surface area contributed by atoms with Crippen molar-refractivity contribution in [3.63, 3.8) is 0 Å². The van der Waals surface area contributed by atoms with E-state index in [-0.39, 0.29) is 29.1 Å². The van der Waals surface area contributed by atoms with E-state index in [0.29, 0.717) is 55.3 Å². The van der Waals surface area contributed by atoms with E-state index in [9.17, 15) is 14.9 Å². The van der Waals surface area contributed by atoms with Crippen LogP contribution in [0.2, 0.25) is 0 Å². The summed E-state index contributed by atoms with van der Waals surface area (Å²) in [5, 5.41) is 29.8. The maximum absolute atomic E-state index is 13.5. The number of aliphatic carboxylic acids is 1. The van der Waals surface area contributed by atoms with Crippen LogP contribution in [0.4, 0.5) is 5.69 Å². The van der Waals surface area contributed by atoms with E-state index in [4.69, 9.17) is 14.3 Å². The molecule has 9 nitrogen and oxygen atoms in total. The van der Waals surface area contributed by atoms with Crippen LogP contribution in [0.5, 0.6) is 5.75 Å². The van der Waals surface area contributed by atoms with Crippen LogP contribution in [-0.4, -0.2) is 33.8 Å². The third-order valence-electron chi connectivity index (χ3n) is 7.36. The van der Waals surface area contributed by atoms with Crippen LogP contribution in [0, 0.1) is 17.2 Å². The van der Waals surface area contributed by atoms with Crippen molar-refractivity contribution in [2.45, 2.75) is 63.7 Å². The van der Waals surface area contributed by atoms with Crippen molar-refractivity contribution in [2.24, 2.45) is 5.92 Å². The minimum atomic E-state index is -0.864. The van der Waals surface area contributed by atoms with Crippen LogP contribution in [0.3, 0.4) is 0 Å². The van der Waals surface area contributed by atoms with Gasteiger partial charge in [-0.25, -0.2) is 0 Å². The molecule has 38 heavy (non-hydrogen) atoms. The molecule has 5 rings (SSSR count). The zero-order valence-electron chi connectivity index (χ0n) is 21.7. The molecule has 1 fully saturated rings. The number of nitrogens with zero attached hydrogens (tertiary/aromatic N) is 3. The highest BCUT2D eigenvalue weighted by Crippen LogP contribution is 2.61. The average molecular weight is 515 g/mol. The number of carboxylic acid groups (broad SMARTS) is 1. The van der Waals surface area contributed by atoms with E-state index in [2.05, 4.69) is 21.6 Å². The third kappa shape index (κ3) is 4.86. The molecule has 1 saturated carbocycles. The largest absolute Gasteiger partial charge is 0.493 e. The second-order valence-corrected chi connectivity index (χ2v) is 11.1. The topological polar surface area (TPSA) is 138 Å². The predicted molar refractivity (Wildman–Crippen MR) is 139 cm³/mol. The van der Waals surface area contributed by atoms with Gasteiger partial charge in [0.25, 0.3) is 0 Å². The minimum Gasteiger partial charge on any atom is -0.493 e. The summed E-state index contributed by atoms with van der Waals surface area (Å²) >= 11 is 0. The highest BCUT2D eigenvalue weighted by molar-refractivity contribution is 5.97. The van der Waals surface area contributed by atoms with Gasteiger partial charge in [-0.15, -0.1) is 10.2 Å². The Kier molecular flexibility index (Phi) is 6.43. The van der Waals surface area contributed by atoms with E-state index in [1.54, 1.807) is 18.2 Å². The molecule has 2 N–H and O–H groups in total. The standard InChI is InChI=1S/C29H30N4O5/c1-28(2,3)27-33-32-26(38-27)19-9-10-23-20(14-19)29(11-12-37-23)15-21(29)25(36)31-22-13-17(16-30)7-8-18(22)5-4-6-24(34)35/h7-10,13-14,21H,4-6,11-12,15H2,1-3H3,(H,31,36)(H,34,35)/t21-,29-/m0/s1. The van der Waals surface area contributed by atoms with Crippen molar-refractivity contribution in [3.8, 4) is 23.3 Å². The van der Waals surface area contributed by atoms with E-state index in [1.165, 1.54) is 0 Å². The van der Waals surface area contributed by atoms with Crippen molar-refractivity contribution in [3.05, 3.63) is 59.0 Å². The molecule has 2 aromatic carbocycles. The number of rotatable bonds is 7. The number of nitriles is 1. The molecule has 0 radical (unpaired) electrons.